The van der Waals surface area contributed by atoms with Crippen LogP contribution >= 0.6 is 11.6 Å². The minimum absolute atomic E-state index is 0.0144. The highest BCUT2D eigenvalue weighted by molar-refractivity contribution is 6.30. The van der Waals surface area contributed by atoms with Gasteiger partial charge in [-0.1, -0.05) is 11.6 Å². The predicted octanol–water partition coefficient (Wildman–Crippen LogP) is 1.54. The molecule has 1 heterocycles. The van der Waals surface area contributed by atoms with Crippen LogP contribution in [0.25, 0.3) is 0 Å². The van der Waals surface area contributed by atoms with Crippen molar-refractivity contribution in [1.82, 2.24) is 4.90 Å². The molecule has 5 nitrogen and oxygen atoms in total. The molecule has 1 aromatic carbocycles. The molecule has 8 heteroatoms. The van der Waals surface area contributed by atoms with Crippen molar-refractivity contribution in [2.75, 3.05) is 19.8 Å². The number of amides is 1. The van der Waals surface area contributed by atoms with Crippen LogP contribution in [-0.2, 0) is 9.53 Å². The third kappa shape index (κ3) is 2.73. The summed E-state index contributed by atoms with van der Waals surface area (Å²) in [5, 5.41) is 8.56. The van der Waals surface area contributed by atoms with Gasteiger partial charge in [0.05, 0.1) is 23.8 Å². The summed E-state index contributed by atoms with van der Waals surface area (Å²) in [7, 11) is 0. The average molecular weight is 306 g/mol. The van der Waals surface area contributed by atoms with Gasteiger partial charge in [-0.15, -0.1) is 0 Å². The molecule has 1 saturated heterocycles. The highest BCUT2D eigenvalue weighted by Crippen LogP contribution is 2.22. The molecule has 108 valence electrons. The Labute approximate surface area is 117 Å². The summed E-state index contributed by atoms with van der Waals surface area (Å²) in [6.07, 6.45) is 0. The van der Waals surface area contributed by atoms with E-state index in [1.54, 1.807) is 0 Å². The molecule has 0 saturated carbocycles. The number of hydrogen-bond donors (Lipinski definition) is 1. The van der Waals surface area contributed by atoms with Crippen LogP contribution in [0, 0.1) is 11.6 Å². The summed E-state index contributed by atoms with van der Waals surface area (Å²) in [5.41, 5.74) is -0.556. The van der Waals surface area contributed by atoms with Crippen molar-refractivity contribution in [3.8, 4) is 0 Å². The van der Waals surface area contributed by atoms with Gasteiger partial charge in [0.1, 0.15) is 11.6 Å². The first-order chi connectivity index (χ1) is 9.41. The monoisotopic (exact) mass is 305 g/mol. The van der Waals surface area contributed by atoms with Crippen molar-refractivity contribution in [2.24, 2.45) is 0 Å². The Kier molecular flexibility index (Phi) is 4.20. The van der Waals surface area contributed by atoms with Crippen LogP contribution < -0.4 is 0 Å². The van der Waals surface area contributed by atoms with Crippen molar-refractivity contribution in [2.45, 2.75) is 6.04 Å². The van der Waals surface area contributed by atoms with Gasteiger partial charge in [0.15, 0.2) is 6.04 Å². The fourth-order valence-electron chi connectivity index (χ4n) is 1.89. The molecule has 1 fully saturated rings. The zero-order valence-electron chi connectivity index (χ0n) is 10.1. The Hall–Kier alpha value is -1.73. The van der Waals surface area contributed by atoms with E-state index in [1.165, 1.54) is 0 Å². The molecule has 0 spiro atoms. The van der Waals surface area contributed by atoms with Crippen LogP contribution in [0.2, 0.25) is 5.02 Å². The smallest absolute Gasteiger partial charge is 0.328 e. The molecule has 1 amide bonds. The van der Waals surface area contributed by atoms with Gasteiger partial charge in [-0.2, -0.15) is 0 Å². The number of aliphatic carboxylic acids is 1. The van der Waals surface area contributed by atoms with E-state index in [1.807, 2.05) is 0 Å². The molecule has 0 aliphatic carbocycles. The Morgan fingerprint density at radius 3 is 2.70 bits per heavy atom. The minimum atomic E-state index is -1.27. The maximum atomic E-state index is 13.7. The van der Waals surface area contributed by atoms with Crippen molar-refractivity contribution >= 4 is 23.5 Å². The molecular formula is C12H10ClF2NO4. The van der Waals surface area contributed by atoms with Crippen molar-refractivity contribution in [3.05, 3.63) is 34.4 Å². The van der Waals surface area contributed by atoms with E-state index in [-0.39, 0.29) is 19.8 Å². The minimum Gasteiger partial charge on any atom is -0.480 e. The second kappa shape index (κ2) is 5.72. The van der Waals surface area contributed by atoms with E-state index in [4.69, 9.17) is 21.4 Å². The quantitative estimate of drug-likeness (QED) is 0.842. The predicted molar refractivity (Wildman–Crippen MR) is 64.6 cm³/mol. The van der Waals surface area contributed by atoms with Gasteiger partial charge < -0.3 is 14.7 Å². The molecule has 1 N–H and O–H groups in total. The molecule has 20 heavy (non-hydrogen) atoms. The molecule has 1 aromatic rings. The van der Waals surface area contributed by atoms with Gasteiger partial charge in [0.2, 0.25) is 0 Å². The average Bonchev–Trinajstić information content (AvgIpc) is 2.42. The maximum Gasteiger partial charge on any atom is 0.328 e. The molecule has 1 atom stereocenters. The van der Waals surface area contributed by atoms with Crippen LogP contribution in [0.5, 0.6) is 0 Å². The van der Waals surface area contributed by atoms with E-state index >= 15 is 0 Å². The van der Waals surface area contributed by atoms with Crippen LogP contribution in [0.1, 0.15) is 10.4 Å². The van der Waals surface area contributed by atoms with Crippen molar-refractivity contribution in [3.63, 3.8) is 0 Å². The summed E-state index contributed by atoms with van der Waals surface area (Å²) in [5.74, 6) is -4.13. The Bertz CT molecular complexity index is 567. The van der Waals surface area contributed by atoms with E-state index in [0.29, 0.717) is 12.1 Å². The van der Waals surface area contributed by atoms with Crippen LogP contribution in [-0.4, -0.2) is 47.7 Å². The summed E-state index contributed by atoms with van der Waals surface area (Å²) in [6.45, 7) is -0.0779. The summed E-state index contributed by atoms with van der Waals surface area (Å²) >= 11 is 5.40. The van der Waals surface area contributed by atoms with Gasteiger partial charge in [0.25, 0.3) is 5.91 Å². The lowest BCUT2D eigenvalue weighted by Gasteiger charge is -2.32. The first-order valence-electron chi connectivity index (χ1n) is 5.68. The van der Waals surface area contributed by atoms with Crippen LogP contribution in [0.4, 0.5) is 8.78 Å². The van der Waals surface area contributed by atoms with Gasteiger partial charge in [-0.05, 0) is 12.1 Å². The first-order valence-corrected chi connectivity index (χ1v) is 6.05. The van der Waals surface area contributed by atoms with Gasteiger partial charge >= 0.3 is 5.97 Å². The van der Waals surface area contributed by atoms with Gasteiger partial charge in [0, 0.05) is 6.54 Å². The Morgan fingerprint density at radius 1 is 1.35 bits per heavy atom. The fourth-order valence-corrected chi connectivity index (χ4v) is 2.04. The number of carbonyl (C=O) groups excluding carboxylic acids is 1. The molecule has 2 rings (SSSR count). The molecule has 1 aliphatic rings. The molecule has 0 bridgehead atoms. The van der Waals surface area contributed by atoms with Crippen LogP contribution in [0.3, 0.4) is 0 Å². The van der Waals surface area contributed by atoms with Crippen LogP contribution in [0.15, 0.2) is 12.1 Å². The third-order valence-electron chi connectivity index (χ3n) is 2.91. The zero-order valence-corrected chi connectivity index (χ0v) is 10.9. The third-order valence-corrected chi connectivity index (χ3v) is 3.20. The second-order valence-corrected chi connectivity index (χ2v) is 4.58. The number of benzene rings is 1. The highest BCUT2D eigenvalue weighted by Gasteiger charge is 2.34. The van der Waals surface area contributed by atoms with Crippen molar-refractivity contribution in [1.29, 1.82) is 0 Å². The zero-order chi connectivity index (χ0) is 14.9. The second-order valence-electron chi connectivity index (χ2n) is 4.17. The number of carboxylic acid groups (broad SMARTS) is 1. The molecule has 0 radical (unpaired) electrons. The molecular weight excluding hydrogens is 296 g/mol. The van der Waals surface area contributed by atoms with E-state index in [9.17, 15) is 18.4 Å². The lowest BCUT2D eigenvalue weighted by molar-refractivity contribution is -0.147. The summed E-state index contributed by atoms with van der Waals surface area (Å²) < 4.78 is 32.0. The highest BCUT2D eigenvalue weighted by atomic mass is 35.5. The maximum absolute atomic E-state index is 13.7. The number of nitrogens with zero attached hydrogens (tertiary/aromatic N) is 1. The summed E-state index contributed by atoms with van der Waals surface area (Å²) in [4.78, 5) is 24.1. The van der Waals surface area contributed by atoms with Crippen molar-refractivity contribution < 1.29 is 28.2 Å². The topological polar surface area (TPSA) is 66.8 Å². The Morgan fingerprint density at radius 2 is 2.05 bits per heavy atom. The molecule has 1 unspecified atom stereocenters. The first kappa shape index (κ1) is 14.7. The number of morpholine rings is 1. The summed E-state index contributed by atoms with van der Waals surface area (Å²) in [6, 6.07) is 0.115. The number of carbonyl (C=O) groups is 2. The number of halogens is 3. The normalized spacial score (nSPS) is 18.9. The largest absolute Gasteiger partial charge is 0.480 e. The fraction of sp³-hybridized carbons (Fsp3) is 0.333. The number of ether oxygens (including phenoxy) is 1. The number of carboxylic acids is 1. The van der Waals surface area contributed by atoms with E-state index in [2.05, 4.69) is 0 Å². The SMILES string of the molecule is O=C(O)C1COCCN1C(=O)c1cc(F)c(Cl)cc1F. The van der Waals surface area contributed by atoms with Gasteiger partial charge in [-0.25, -0.2) is 13.6 Å². The Balaban J connectivity index is 2.34. The molecule has 1 aliphatic heterocycles. The number of hydrogen-bond acceptors (Lipinski definition) is 3. The lowest BCUT2D eigenvalue weighted by atomic mass is 10.1. The molecule has 0 aromatic heterocycles. The van der Waals surface area contributed by atoms with Gasteiger partial charge in [-0.3, -0.25) is 4.79 Å². The standard InChI is InChI=1S/C12H10ClF2NO4/c13-7-4-8(14)6(3-9(7)15)11(17)16-1-2-20-5-10(16)12(18)19/h3-4,10H,1-2,5H2,(H,18,19). The van der Waals surface area contributed by atoms with E-state index < -0.39 is 40.1 Å². The van der Waals surface area contributed by atoms with E-state index in [0.717, 1.165) is 4.90 Å². The number of rotatable bonds is 2. The lowest BCUT2D eigenvalue weighted by Crippen LogP contribution is -2.52.